The highest BCUT2D eigenvalue weighted by molar-refractivity contribution is 5.95. The molecule has 0 saturated carbocycles. The number of carbonyl (C=O) groups excluding carboxylic acids is 1. The number of hydrogen-bond acceptors (Lipinski definition) is 5. The second-order valence-electron chi connectivity index (χ2n) is 4.92. The van der Waals surface area contributed by atoms with Gasteiger partial charge < -0.3 is 9.84 Å². The van der Waals surface area contributed by atoms with Crippen LogP contribution in [0.5, 0.6) is 0 Å². The fraction of sp³-hybridized carbons (Fsp3) is 0.333. The fourth-order valence-electron chi connectivity index (χ4n) is 1.37. The molecule has 8 nitrogen and oxygen atoms in total. The van der Waals surface area contributed by atoms with Crippen molar-refractivity contribution >= 4 is 23.4 Å². The predicted octanol–water partition coefficient (Wildman–Crippen LogP) is 2.64. The van der Waals surface area contributed by atoms with Crippen molar-refractivity contribution in [1.29, 1.82) is 0 Å². The summed E-state index contributed by atoms with van der Waals surface area (Å²) in [4.78, 5) is 32.3. The number of ether oxygens (including phenoxy) is 1. The van der Waals surface area contributed by atoms with Crippen LogP contribution in [0.3, 0.4) is 0 Å². The van der Waals surface area contributed by atoms with Gasteiger partial charge in [-0.2, -0.15) is 0 Å². The number of amides is 1. The van der Waals surface area contributed by atoms with Crippen LogP contribution in [-0.4, -0.2) is 27.7 Å². The average molecular weight is 282 g/mol. The van der Waals surface area contributed by atoms with Crippen molar-refractivity contribution in [2.75, 3.05) is 5.32 Å². The van der Waals surface area contributed by atoms with Crippen molar-refractivity contribution in [3.05, 3.63) is 33.9 Å². The Balaban J connectivity index is 2.99. The van der Waals surface area contributed by atoms with Gasteiger partial charge >= 0.3 is 12.1 Å². The number of aromatic carboxylic acids is 1. The van der Waals surface area contributed by atoms with Gasteiger partial charge in [0.05, 0.1) is 4.92 Å². The van der Waals surface area contributed by atoms with Gasteiger partial charge in [0.1, 0.15) is 11.2 Å². The summed E-state index contributed by atoms with van der Waals surface area (Å²) < 4.78 is 4.99. The molecule has 108 valence electrons. The number of carboxylic acid groups (broad SMARTS) is 1. The molecular weight excluding hydrogens is 268 g/mol. The monoisotopic (exact) mass is 282 g/mol. The molecule has 0 fully saturated rings. The Kier molecular flexibility index (Phi) is 4.28. The average Bonchev–Trinajstić information content (AvgIpc) is 2.25. The van der Waals surface area contributed by atoms with Crippen LogP contribution in [0, 0.1) is 10.1 Å². The van der Waals surface area contributed by atoms with E-state index in [1.54, 1.807) is 20.8 Å². The summed E-state index contributed by atoms with van der Waals surface area (Å²) in [5, 5.41) is 21.9. The van der Waals surface area contributed by atoms with Gasteiger partial charge in [0.25, 0.3) is 5.69 Å². The van der Waals surface area contributed by atoms with Gasteiger partial charge in [-0.3, -0.25) is 15.4 Å². The van der Waals surface area contributed by atoms with E-state index in [0.717, 1.165) is 12.1 Å². The van der Waals surface area contributed by atoms with Gasteiger partial charge in [0.2, 0.25) is 0 Å². The van der Waals surface area contributed by atoms with Gasteiger partial charge in [-0.25, -0.2) is 9.59 Å². The van der Waals surface area contributed by atoms with E-state index in [1.165, 1.54) is 6.07 Å². The number of nitro groups is 1. The molecule has 0 aliphatic rings. The molecule has 1 aromatic carbocycles. The molecule has 1 aromatic rings. The van der Waals surface area contributed by atoms with Crippen LogP contribution in [0.1, 0.15) is 31.1 Å². The van der Waals surface area contributed by atoms with E-state index in [0.29, 0.717) is 0 Å². The van der Waals surface area contributed by atoms with Crippen molar-refractivity contribution in [3.8, 4) is 0 Å². The van der Waals surface area contributed by atoms with Crippen LogP contribution in [0.2, 0.25) is 0 Å². The molecule has 0 bridgehead atoms. The Labute approximate surface area is 114 Å². The number of nitro benzene ring substituents is 1. The molecule has 0 heterocycles. The maximum atomic E-state index is 11.5. The second-order valence-corrected chi connectivity index (χ2v) is 4.92. The molecule has 0 unspecified atom stereocenters. The highest BCUT2D eigenvalue weighted by Crippen LogP contribution is 2.23. The van der Waals surface area contributed by atoms with Crippen LogP contribution >= 0.6 is 0 Å². The Morgan fingerprint density at radius 1 is 1.35 bits per heavy atom. The standard InChI is InChI=1S/C12H14N2O6/c1-12(2,3)20-11(17)13-7-4-5-9(14(18)19)8(6-7)10(15)16/h4-6H,1-3H3,(H,13,17)(H,15,16). The topological polar surface area (TPSA) is 119 Å². The maximum Gasteiger partial charge on any atom is 0.412 e. The lowest BCUT2D eigenvalue weighted by Crippen LogP contribution is -2.27. The van der Waals surface area contributed by atoms with E-state index in [-0.39, 0.29) is 5.69 Å². The molecule has 0 aliphatic heterocycles. The van der Waals surface area contributed by atoms with Crippen LogP contribution in [0.15, 0.2) is 18.2 Å². The molecule has 8 heteroatoms. The van der Waals surface area contributed by atoms with E-state index in [1.807, 2.05) is 0 Å². The van der Waals surface area contributed by atoms with E-state index >= 15 is 0 Å². The van der Waals surface area contributed by atoms with Crippen LogP contribution < -0.4 is 5.32 Å². The lowest BCUT2D eigenvalue weighted by molar-refractivity contribution is -0.385. The van der Waals surface area contributed by atoms with Crippen molar-refractivity contribution in [2.24, 2.45) is 0 Å². The number of nitrogens with zero attached hydrogens (tertiary/aromatic N) is 1. The fourth-order valence-corrected chi connectivity index (χ4v) is 1.37. The number of benzene rings is 1. The highest BCUT2D eigenvalue weighted by Gasteiger charge is 2.21. The van der Waals surface area contributed by atoms with Crippen molar-refractivity contribution in [3.63, 3.8) is 0 Å². The minimum absolute atomic E-state index is 0.0993. The summed E-state index contributed by atoms with van der Waals surface area (Å²) in [5.41, 5.74) is -1.67. The lowest BCUT2D eigenvalue weighted by Gasteiger charge is -2.19. The zero-order valence-electron chi connectivity index (χ0n) is 11.2. The Bertz CT molecular complexity index is 562. The van der Waals surface area contributed by atoms with Crippen LogP contribution in [0.4, 0.5) is 16.2 Å². The molecule has 0 aromatic heterocycles. The SMILES string of the molecule is CC(C)(C)OC(=O)Nc1ccc([N+](=O)[O-])c(C(=O)O)c1. The summed E-state index contributed by atoms with van der Waals surface area (Å²) in [7, 11) is 0. The Hall–Kier alpha value is -2.64. The number of anilines is 1. The lowest BCUT2D eigenvalue weighted by atomic mass is 10.1. The van der Waals surface area contributed by atoms with Gasteiger partial charge in [0.15, 0.2) is 0 Å². The van der Waals surface area contributed by atoms with Gasteiger partial charge in [-0.05, 0) is 32.9 Å². The van der Waals surface area contributed by atoms with Gasteiger partial charge in [0, 0.05) is 11.8 Å². The third-order valence-electron chi connectivity index (χ3n) is 2.07. The van der Waals surface area contributed by atoms with E-state index in [9.17, 15) is 19.7 Å². The van der Waals surface area contributed by atoms with E-state index in [4.69, 9.17) is 9.84 Å². The van der Waals surface area contributed by atoms with E-state index in [2.05, 4.69) is 5.32 Å². The van der Waals surface area contributed by atoms with Crippen molar-refractivity contribution < 1.29 is 24.4 Å². The van der Waals surface area contributed by atoms with Crippen molar-refractivity contribution in [1.82, 2.24) is 0 Å². The first kappa shape index (κ1) is 15.4. The third kappa shape index (κ3) is 4.23. The quantitative estimate of drug-likeness (QED) is 0.649. The molecule has 0 radical (unpaired) electrons. The molecule has 1 amide bonds. The normalized spacial score (nSPS) is 10.8. The first-order valence-electron chi connectivity index (χ1n) is 5.62. The third-order valence-corrected chi connectivity index (χ3v) is 2.07. The zero-order valence-corrected chi connectivity index (χ0v) is 11.2. The predicted molar refractivity (Wildman–Crippen MR) is 69.9 cm³/mol. The molecule has 0 spiro atoms. The zero-order chi connectivity index (χ0) is 15.5. The Morgan fingerprint density at radius 3 is 2.40 bits per heavy atom. The van der Waals surface area contributed by atoms with Gasteiger partial charge in [-0.15, -0.1) is 0 Å². The molecular formula is C12H14N2O6. The molecule has 0 aliphatic carbocycles. The summed E-state index contributed by atoms with van der Waals surface area (Å²) in [6.07, 6.45) is -0.775. The summed E-state index contributed by atoms with van der Waals surface area (Å²) in [6.45, 7) is 5.02. The smallest absolute Gasteiger partial charge is 0.412 e. The van der Waals surface area contributed by atoms with Crippen LogP contribution in [0.25, 0.3) is 0 Å². The number of hydrogen-bond donors (Lipinski definition) is 2. The molecule has 0 atom stereocenters. The summed E-state index contributed by atoms with van der Waals surface area (Å²) in [5.74, 6) is -1.45. The number of carboxylic acids is 1. The van der Waals surface area contributed by atoms with E-state index < -0.39 is 33.8 Å². The Morgan fingerprint density at radius 2 is 1.95 bits per heavy atom. The number of carbonyl (C=O) groups is 2. The number of rotatable bonds is 3. The first-order valence-corrected chi connectivity index (χ1v) is 5.62. The molecule has 1 rings (SSSR count). The maximum absolute atomic E-state index is 11.5. The minimum atomic E-state index is -1.45. The first-order chi connectivity index (χ1) is 9.10. The number of nitrogens with one attached hydrogen (secondary N) is 1. The molecule has 20 heavy (non-hydrogen) atoms. The second kappa shape index (κ2) is 5.55. The van der Waals surface area contributed by atoms with Gasteiger partial charge in [-0.1, -0.05) is 0 Å². The summed E-state index contributed by atoms with van der Waals surface area (Å²) in [6, 6.07) is 3.25. The summed E-state index contributed by atoms with van der Waals surface area (Å²) >= 11 is 0. The largest absolute Gasteiger partial charge is 0.477 e. The van der Waals surface area contributed by atoms with Crippen molar-refractivity contribution in [2.45, 2.75) is 26.4 Å². The molecule has 0 saturated heterocycles. The molecule has 2 N–H and O–H groups in total. The van der Waals surface area contributed by atoms with Crippen LogP contribution in [-0.2, 0) is 4.74 Å². The highest BCUT2D eigenvalue weighted by atomic mass is 16.6. The minimum Gasteiger partial charge on any atom is -0.477 e.